The number of amides is 1. The Bertz CT molecular complexity index is 1080. The molecular weight excluding hydrogens is 410 g/mol. The third-order valence-corrected chi connectivity index (χ3v) is 5.95. The summed E-state index contributed by atoms with van der Waals surface area (Å²) >= 11 is 0. The molecule has 8 nitrogen and oxygen atoms in total. The van der Waals surface area contributed by atoms with E-state index in [0.29, 0.717) is 37.0 Å². The quantitative estimate of drug-likeness (QED) is 0.624. The zero-order valence-corrected chi connectivity index (χ0v) is 18.1. The number of hydrogen-bond donors (Lipinski definition) is 1. The Morgan fingerprint density at radius 2 is 1.88 bits per heavy atom. The molecule has 0 bridgehead atoms. The van der Waals surface area contributed by atoms with Crippen molar-refractivity contribution in [2.24, 2.45) is 0 Å². The van der Waals surface area contributed by atoms with Gasteiger partial charge in [0.2, 0.25) is 0 Å². The van der Waals surface area contributed by atoms with Crippen LogP contribution in [-0.2, 0) is 0 Å². The summed E-state index contributed by atoms with van der Waals surface area (Å²) in [6, 6.07) is 11.1. The summed E-state index contributed by atoms with van der Waals surface area (Å²) in [7, 11) is 0. The van der Waals surface area contributed by atoms with Crippen LogP contribution in [0.15, 0.2) is 45.3 Å². The number of nitrogens with one attached hydrogen (secondary N) is 1. The van der Waals surface area contributed by atoms with Crippen LogP contribution >= 0.6 is 0 Å². The minimum absolute atomic E-state index is 0.00267. The third-order valence-electron chi connectivity index (χ3n) is 5.95. The summed E-state index contributed by atoms with van der Waals surface area (Å²) in [6.07, 6.45) is 3.56. The molecule has 1 fully saturated rings. The Hall–Kier alpha value is -3.26. The number of piperidine rings is 1. The van der Waals surface area contributed by atoms with Crippen molar-refractivity contribution in [3.05, 3.63) is 53.6 Å². The molecule has 4 heterocycles. The van der Waals surface area contributed by atoms with Gasteiger partial charge in [0, 0.05) is 18.2 Å². The van der Waals surface area contributed by atoms with Crippen LogP contribution in [0.3, 0.4) is 0 Å². The predicted molar refractivity (Wildman–Crippen MR) is 117 cm³/mol. The average Bonchev–Trinajstić information content (AvgIpc) is 3.49. The fourth-order valence-corrected chi connectivity index (χ4v) is 4.27. The summed E-state index contributed by atoms with van der Waals surface area (Å²) in [4.78, 5) is 15.2. The van der Waals surface area contributed by atoms with Gasteiger partial charge < -0.3 is 23.7 Å². The van der Waals surface area contributed by atoms with Crippen molar-refractivity contribution in [3.8, 4) is 22.8 Å². The number of fused-ring (bicyclic) bond motifs is 1. The minimum atomic E-state index is -0.275. The molecule has 1 saturated heterocycles. The lowest BCUT2D eigenvalue weighted by Gasteiger charge is -2.33. The number of benzene rings is 1. The highest BCUT2D eigenvalue weighted by molar-refractivity contribution is 5.93. The topological polar surface area (TPSA) is 90.0 Å². The van der Waals surface area contributed by atoms with Gasteiger partial charge in [-0.1, -0.05) is 11.6 Å². The van der Waals surface area contributed by atoms with E-state index in [-0.39, 0.29) is 17.6 Å². The molecule has 3 aromatic rings. The molecule has 2 aromatic heterocycles. The summed E-state index contributed by atoms with van der Waals surface area (Å²) in [5, 5.41) is 6.99. The van der Waals surface area contributed by atoms with Crippen molar-refractivity contribution in [1.82, 2.24) is 15.4 Å². The zero-order chi connectivity index (χ0) is 21.9. The van der Waals surface area contributed by atoms with Crippen LogP contribution in [0.5, 0.6) is 11.5 Å². The summed E-state index contributed by atoms with van der Waals surface area (Å²) in [5.74, 6) is 3.34. The predicted octanol–water partition coefficient (Wildman–Crippen LogP) is 3.97. The molecule has 2 aliphatic heterocycles. The lowest BCUT2D eigenvalue weighted by molar-refractivity contribution is 0.0905. The van der Waals surface area contributed by atoms with Crippen LogP contribution in [0.4, 0.5) is 0 Å². The second-order valence-electron chi connectivity index (χ2n) is 8.21. The Balaban J connectivity index is 1.28. The van der Waals surface area contributed by atoms with Crippen LogP contribution in [0.2, 0.25) is 0 Å². The van der Waals surface area contributed by atoms with E-state index >= 15 is 0 Å². The number of aromatic nitrogens is 1. The van der Waals surface area contributed by atoms with Crippen molar-refractivity contribution < 1.29 is 23.2 Å². The maximum Gasteiger partial charge on any atom is 0.273 e. The lowest BCUT2D eigenvalue weighted by atomic mass is 10.1. The molecule has 32 heavy (non-hydrogen) atoms. The number of aryl methyl sites for hydroxylation is 1. The first-order valence-electron chi connectivity index (χ1n) is 11.1. The van der Waals surface area contributed by atoms with Gasteiger partial charge in [0.15, 0.2) is 23.0 Å². The number of carbonyl (C=O) groups is 1. The number of rotatable bonds is 6. The highest BCUT2D eigenvalue weighted by atomic mass is 16.6. The van der Waals surface area contributed by atoms with E-state index in [4.69, 9.17) is 18.4 Å². The van der Waals surface area contributed by atoms with E-state index in [0.717, 1.165) is 43.0 Å². The first-order chi connectivity index (χ1) is 15.7. The van der Waals surface area contributed by atoms with Gasteiger partial charge in [0.1, 0.15) is 24.7 Å². The summed E-state index contributed by atoms with van der Waals surface area (Å²) in [6.45, 7) is 5.42. The smallest absolute Gasteiger partial charge is 0.273 e. The fraction of sp³-hybridized carbons (Fsp3) is 0.417. The number of hydrogen-bond acceptors (Lipinski definition) is 7. The lowest BCUT2D eigenvalue weighted by Crippen LogP contribution is -2.40. The largest absolute Gasteiger partial charge is 0.486 e. The number of nitrogens with zero attached hydrogens (tertiary/aromatic N) is 2. The normalized spacial score (nSPS) is 17.2. The standard InChI is InChI=1S/C24H27N3O5/c1-16-5-7-20(31-16)19(27-9-3-2-4-10-27)15-25-24(28)18-14-22(32-26-18)17-6-8-21-23(13-17)30-12-11-29-21/h5-8,13-14,19H,2-4,9-12,15H2,1H3,(H,25,28). The molecule has 0 aliphatic carbocycles. The molecular formula is C24H27N3O5. The van der Waals surface area contributed by atoms with E-state index in [1.807, 2.05) is 37.3 Å². The molecule has 0 radical (unpaired) electrons. The van der Waals surface area contributed by atoms with Crippen molar-refractivity contribution in [2.45, 2.75) is 32.2 Å². The van der Waals surface area contributed by atoms with Crippen LogP contribution in [-0.4, -0.2) is 48.8 Å². The monoisotopic (exact) mass is 437 g/mol. The number of likely N-dealkylation sites (tertiary alicyclic amines) is 1. The van der Waals surface area contributed by atoms with Crippen molar-refractivity contribution >= 4 is 5.91 Å². The number of carbonyl (C=O) groups excluding carboxylic acids is 1. The van der Waals surface area contributed by atoms with Gasteiger partial charge in [-0.25, -0.2) is 0 Å². The molecule has 168 valence electrons. The van der Waals surface area contributed by atoms with Crippen LogP contribution in [0.25, 0.3) is 11.3 Å². The maximum atomic E-state index is 12.8. The first-order valence-corrected chi connectivity index (χ1v) is 11.1. The average molecular weight is 437 g/mol. The van der Waals surface area contributed by atoms with E-state index in [1.165, 1.54) is 6.42 Å². The Morgan fingerprint density at radius 3 is 2.66 bits per heavy atom. The van der Waals surface area contributed by atoms with Crippen molar-refractivity contribution in [2.75, 3.05) is 32.8 Å². The molecule has 0 spiro atoms. The molecule has 2 aliphatic rings. The van der Waals surface area contributed by atoms with Gasteiger partial charge in [-0.05, 0) is 63.2 Å². The molecule has 5 rings (SSSR count). The second-order valence-corrected chi connectivity index (χ2v) is 8.21. The van der Waals surface area contributed by atoms with E-state index in [2.05, 4.69) is 15.4 Å². The van der Waals surface area contributed by atoms with Gasteiger partial charge in [0.05, 0.1) is 6.04 Å². The molecule has 1 atom stereocenters. The van der Waals surface area contributed by atoms with Gasteiger partial charge in [-0.2, -0.15) is 0 Å². The Labute approximate surface area is 186 Å². The Morgan fingerprint density at radius 1 is 1.06 bits per heavy atom. The second kappa shape index (κ2) is 9.08. The van der Waals surface area contributed by atoms with Crippen LogP contribution in [0.1, 0.15) is 47.3 Å². The number of furan rings is 1. The van der Waals surface area contributed by atoms with Crippen molar-refractivity contribution in [1.29, 1.82) is 0 Å². The molecule has 1 aromatic carbocycles. The molecule has 1 amide bonds. The number of ether oxygens (including phenoxy) is 2. The van der Waals surface area contributed by atoms with Crippen LogP contribution < -0.4 is 14.8 Å². The molecule has 0 saturated carbocycles. The fourth-order valence-electron chi connectivity index (χ4n) is 4.27. The third kappa shape index (κ3) is 4.36. The SMILES string of the molecule is Cc1ccc(C(CNC(=O)c2cc(-c3ccc4c(c3)OCCO4)on2)N2CCCCC2)o1. The van der Waals surface area contributed by atoms with Gasteiger partial charge >= 0.3 is 0 Å². The molecule has 1 N–H and O–H groups in total. The molecule has 1 unspecified atom stereocenters. The zero-order valence-electron chi connectivity index (χ0n) is 18.1. The van der Waals surface area contributed by atoms with Gasteiger partial charge in [0.25, 0.3) is 5.91 Å². The van der Waals surface area contributed by atoms with E-state index < -0.39 is 0 Å². The maximum absolute atomic E-state index is 12.8. The summed E-state index contributed by atoms with van der Waals surface area (Å²) < 4.78 is 22.5. The van der Waals surface area contributed by atoms with Crippen LogP contribution in [0, 0.1) is 6.92 Å². The molecule has 8 heteroatoms. The van der Waals surface area contributed by atoms with E-state index in [9.17, 15) is 4.79 Å². The van der Waals surface area contributed by atoms with Crippen molar-refractivity contribution in [3.63, 3.8) is 0 Å². The van der Waals surface area contributed by atoms with Gasteiger partial charge in [-0.3, -0.25) is 9.69 Å². The Kier molecular flexibility index (Phi) is 5.85. The highest BCUT2D eigenvalue weighted by Crippen LogP contribution is 2.34. The van der Waals surface area contributed by atoms with Gasteiger partial charge in [-0.15, -0.1) is 0 Å². The first kappa shape index (κ1) is 20.6. The summed E-state index contributed by atoms with van der Waals surface area (Å²) in [5.41, 5.74) is 1.01. The van der Waals surface area contributed by atoms with E-state index in [1.54, 1.807) is 6.07 Å². The minimum Gasteiger partial charge on any atom is -0.486 e. The highest BCUT2D eigenvalue weighted by Gasteiger charge is 2.26.